The normalized spacial score (nSPS) is 24.4. The van der Waals surface area contributed by atoms with Crippen LogP contribution in [0.1, 0.15) is 26.7 Å². The number of rotatable bonds is 5. The summed E-state index contributed by atoms with van der Waals surface area (Å²) in [4.78, 5) is 22.2. The molecule has 0 aromatic heterocycles. The first-order valence-corrected chi connectivity index (χ1v) is 5.98. The highest BCUT2D eigenvalue weighted by atomic mass is 16.4. The van der Waals surface area contributed by atoms with E-state index in [2.05, 4.69) is 24.5 Å². The van der Waals surface area contributed by atoms with Gasteiger partial charge in [-0.2, -0.15) is 0 Å². The van der Waals surface area contributed by atoms with E-state index < -0.39 is 11.9 Å². The van der Waals surface area contributed by atoms with Gasteiger partial charge in [0.2, 0.25) is 0 Å². The molecule has 0 fully saturated rings. The number of carbonyl (C=O) groups excluding carboxylic acids is 1. The van der Waals surface area contributed by atoms with E-state index in [1.165, 1.54) is 0 Å². The first-order chi connectivity index (χ1) is 8.02. The van der Waals surface area contributed by atoms with Crippen LogP contribution in [-0.4, -0.2) is 29.7 Å². The molecule has 0 aromatic carbocycles. The van der Waals surface area contributed by atoms with Crippen molar-refractivity contribution >= 4 is 12.0 Å². The first kappa shape index (κ1) is 13.5. The minimum atomic E-state index is -0.842. The van der Waals surface area contributed by atoms with Crippen LogP contribution in [0.15, 0.2) is 12.2 Å². The summed E-state index contributed by atoms with van der Waals surface area (Å²) in [5.41, 5.74) is 0. The van der Waals surface area contributed by atoms with E-state index in [9.17, 15) is 9.59 Å². The maximum Gasteiger partial charge on any atom is 0.315 e. The van der Waals surface area contributed by atoms with Crippen LogP contribution < -0.4 is 10.6 Å². The maximum absolute atomic E-state index is 11.5. The second-order valence-corrected chi connectivity index (χ2v) is 4.54. The molecule has 1 rings (SSSR count). The second kappa shape index (κ2) is 6.27. The summed E-state index contributed by atoms with van der Waals surface area (Å²) in [5, 5.41) is 14.3. The zero-order valence-corrected chi connectivity index (χ0v) is 10.3. The average molecular weight is 240 g/mol. The molecule has 2 amide bonds. The van der Waals surface area contributed by atoms with Crippen LogP contribution in [0.2, 0.25) is 0 Å². The fraction of sp³-hybridized carbons (Fsp3) is 0.667. The highest BCUT2D eigenvalue weighted by Crippen LogP contribution is 2.17. The van der Waals surface area contributed by atoms with Gasteiger partial charge in [-0.15, -0.1) is 0 Å². The number of carboxylic acid groups (broad SMARTS) is 1. The summed E-state index contributed by atoms with van der Waals surface area (Å²) >= 11 is 0. The lowest BCUT2D eigenvalue weighted by Gasteiger charge is -2.15. The summed E-state index contributed by atoms with van der Waals surface area (Å²) in [6, 6.07) is -0.404. The molecule has 17 heavy (non-hydrogen) atoms. The van der Waals surface area contributed by atoms with Gasteiger partial charge in [0.25, 0.3) is 0 Å². The van der Waals surface area contributed by atoms with Crippen molar-refractivity contribution in [3.63, 3.8) is 0 Å². The summed E-state index contributed by atoms with van der Waals surface area (Å²) in [7, 11) is 0. The topological polar surface area (TPSA) is 78.4 Å². The second-order valence-electron chi connectivity index (χ2n) is 4.54. The lowest BCUT2D eigenvalue weighted by molar-refractivity contribution is -0.140. The average Bonchev–Trinajstić information content (AvgIpc) is 2.74. The third-order valence-electron chi connectivity index (χ3n) is 3.03. The van der Waals surface area contributed by atoms with E-state index in [-0.39, 0.29) is 12.1 Å². The van der Waals surface area contributed by atoms with Gasteiger partial charge in [-0.1, -0.05) is 32.4 Å². The molecule has 0 saturated heterocycles. The minimum Gasteiger partial charge on any atom is -0.481 e. The highest BCUT2D eigenvalue weighted by molar-refractivity contribution is 5.76. The molecule has 1 aliphatic carbocycles. The molecule has 5 nitrogen and oxygen atoms in total. The molecule has 0 heterocycles. The molecule has 5 heteroatoms. The Morgan fingerprint density at radius 2 is 2.18 bits per heavy atom. The van der Waals surface area contributed by atoms with Gasteiger partial charge < -0.3 is 15.7 Å². The van der Waals surface area contributed by atoms with Crippen LogP contribution in [0, 0.1) is 11.8 Å². The molecule has 1 aliphatic rings. The van der Waals surface area contributed by atoms with Crippen molar-refractivity contribution < 1.29 is 14.7 Å². The van der Waals surface area contributed by atoms with Crippen LogP contribution in [0.3, 0.4) is 0 Å². The van der Waals surface area contributed by atoms with Crippen molar-refractivity contribution in [2.24, 2.45) is 11.8 Å². The summed E-state index contributed by atoms with van der Waals surface area (Å²) in [6.07, 6.45) is 4.82. The van der Waals surface area contributed by atoms with E-state index in [1.54, 1.807) is 12.2 Å². The predicted octanol–water partition coefficient (Wildman–Crippen LogP) is 1.36. The van der Waals surface area contributed by atoms with Gasteiger partial charge in [0, 0.05) is 6.54 Å². The highest BCUT2D eigenvalue weighted by Gasteiger charge is 2.25. The molecule has 0 aliphatic heterocycles. The van der Waals surface area contributed by atoms with Gasteiger partial charge in [0.05, 0.1) is 12.0 Å². The number of urea groups is 1. The van der Waals surface area contributed by atoms with E-state index in [0.717, 1.165) is 6.42 Å². The summed E-state index contributed by atoms with van der Waals surface area (Å²) in [6.45, 7) is 4.78. The SMILES string of the molecule is CCC(C)CNC(=O)NC1C=CC(C(=O)O)C1. The van der Waals surface area contributed by atoms with E-state index in [1.807, 2.05) is 0 Å². The van der Waals surface area contributed by atoms with Crippen LogP contribution in [0.25, 0.3) is 0 Å². The standard InChI is InChI=1S/C12H20N2O3/c1-3-8(2)7-13-12(17)14-10-5-4-9(6-10)11(15)16/h4-5,8-10H,3,6-7H2,1-2H3,(H,15,16)(H2,13,14,17). The first-order valence-electron chi connectivity index (χ1n) is 5.98. The number of carboxylic acids is 1. The maximum atomic E-state index is 11.5. The van der Waals surface area contributed by atoms with Crippen molar-refractivity contribution in [1.82, 2.24) is 10.6 Å². The Morgan fingerprint density at radius 1 is 1.47 bits per heavy atom. The van der Waals surface area contributed by atoms with Crippen molar-refractivity contribution in [1.29, 1.82) is 0 Å². The lowest BCUT2D eigenvalue weighted by atomic mass is 10.1. The summed E-state index contributed by atoms with van der Waals surface area (Å²) in [5.74, 6) is -0.868. The Hall–Kier alpha value is -1.52. The fourth-order valence-electron chi connectivity index (χ4n) is 1.62. The molecular weight excluding hydrogens is 220 g/mol. The number of carbonyl (C=O) groups is 2. The van der Waals surface area contributed by atoms with Gasteiger partial charge in [-0.3, -0.25) is 4.79 Å². The van der Waals surface area contributed by atoms with Gasteiger partial charge in [-0.25, -0.2) is 4.79 Å². The molecule has 0 radical (unpaired) electrons. The zero-order valence-electron chi connectivity index (χ0n) is 10.3. The Morgan fingerprint density at radius 3 is 2.71 bits per heavy atom. The van der Waals surface area contributed by atoms with Gasteiger partial charge in [0.1, 0.15) is 0 Å². The van der Waals surface area contributed by atoms with Crippen LogP contribution in [0.4, 0.5) is 4.79 Å². The Balaban J connectivity index is 2.25. The molecular formula is C12H20N2O3. The number of nitrogens with one attached hydrogen (secondary N) is 2. The molecule has 0 spiro atoms. The van der Waals surface area contributed by atoms with Crippen molar-refractivity contribution in [3.8, 4) is 0 Å². The van der Waals surface area contributed by atoms with Crippen molar-refractivity contribution in [2.75, 3.05) is 6.54 Å². The largest absolute Gasteiger partial charge is 0.481 e. The number of hydrogen-bond acceptors (Lipinski definition) is 2. The van der Waals surface area contributed by atoms with Gasteiger partial charge >= 0.3 is 12.0 Å². The molecule has 0 saturated carbocycles. The zero-order chi connectivity index (χ0) is 12.8. The molecule has 3 unspecified atom stereocenters. The lowest BCUT2D eigenvalue weighted by Crippen LogP contribution is -2.42. The number of amides is 2. The molecule has 96 valence electrons. The fourth-order valence-corrected chi connectivity index (χ4v) is 1.62. The van der Waals surface area contributed by atoms with E-state index >= 15 is 0 Å². The van der Waals surface area contributed by atoms with Crippen molar-refractivity contribution in [2.45, 2.75) is 32.7 Å². The van der Waals surface area contributed by atoms with E-state index in [4.69, 9.17) is 5.11 Å². The molecule has 3 N–H and O–H groups in total. The Labute approximate surface area is 101 Å². The van der Waals surface area contributed by atoms with Crippen LogP contribution in [0.5, 0.6) is 0 Å². The smallest absolute Gasteiger partial charge is 0.315 e. The van der Waals surface area contributed by atoms with Gasteiger partial charge in [-0.05, 0) is 12.3 Å². The van der Waals surface area contributed by atoms with E-state index in [0.29, 0.717) is 18.9 Å². The quantitative estimate of drug-likeness (QED) is 0.635. The monoisotopic (exact) mass is 240 g/mol. The van der Waals surface area contributed by atoms with Gasteiger partial charge in [0.15, 0.2) is 0 Å². The molecule has 3 atom stereocenters. The summed E-state index contributed by atoms with van der Waals surface area (Å²) < 4.78 is 0. The van der Waals surface area contributed by atoms with Crippen molar-refractivity contribution in [3.05, 3.63) is 12.2 Å². The minimum absolute atomic E-state index is 0.173. The third-order valence-corrected chi connectivity index (χ3v) is 3.03. The molecule has 0 bridgehead atoms. The van der Waals surface area contributed by atoms with Crippen LogP contribution >= 0.6 is 0 Å². The Bertz CT molecular complexity index is 315. The predicted molar refractivity (Wildman–Crippen MR) is 64.7 cm³/mol. The molecule has 0 aromatic rings. The number of aliphatic carboxylic acids is 1. The third kappa shape index (κ3) is 4.46. The number of hydrogen-bond donors (Lipinski definition) is 3. The Kier molecular flexibility index (Phi) is 5.00. The van der Waals surface area contributed by atoms with Crippen LogP contribution in [-0.2, 0) is 4.79 Å².